The number of anilines is 1. The molecule has 1 aromatic heterocycles. The minimum Gasteiger partial charge on any atom is -0.497 e. The number of benzene rings is 2. The van der Waals surface area contributed by atoms with Gasteiger partial charge >= 0.3 is 11.2 Å². The lowest BCUT2D eigenvalue weighted by atomic mass is 10.1. The molecular weight excluding hydrogens is 462 g/mol. The molecule has 2 aromatic carbocycles. The van der Waals surface area contributed by atoms with E-state index >= 15 is 0 Å². The predicted molar refractivity (Wildman–Crippen MR) is 139 cm³/mol. The van der Waals surface area contributed by atoms with Crippen LogP contribution in [0.3, 0.4) is 0 Å². The molecule has 10 heteroatoms. The van der Waals surface area contributed by atoms with Gasteiger partial charge in [0, 0.05) is 43.7 Å². The Hall–Kier alpha value is -3.92. The summed E-state index contributed by atoms with van der Waals surface area (Å²) in [6, 6.07) is 14.3. The molecule has 0 N–H and O–H groups in total. The molecular formula is C26H31N5O5. The van der Waals surface area contributed by atoms with Crippen molar-refractivity contribution in [2.24, 2.45) is 0 Å². The second-order valence-electron chi connectivity index (χ2n) is 9.09. The topological polar surface area (TPSA) is 101 Å². The van der Waals surface area contributed by atoms with Crippen LogP contribution in [0.2, 0.25) is 0 Å². The number of methoxy groups -OCH3 is 1. The van der Waals surface area contributed by atoms with E-state index in [1.165, 1.54) is 4.57 Å². The second kappa shape index (κ2) is 10.8. The highest BCUT2D eigenvalue weighted by atomic mass is 16.6. The van der Waals surface area contributed by atoms with Gasteiger partial charge in [-0.1, -0.05) is 18.2 Å². The average Bonchev–Trinajstić information content (AvgIpc) is 2.89. The number of fused-ring (bicyclic) bond motifs is 1. The van der Waals surface area contributed by atoms with Crippen LogP contribution in [-0.4, -0.2) is 79.1 Å². The van der Waals surface area contributed by atoms with Gasteiger partial charge in [-0.15, -0.1) is 0 Å². The monoisotopic (exact) mass is 493 g/mol. The zero-order valence-electron chi connectivity index (χ0n) is 20.8. The summed E-state index contributed by atoms with van der Waals surface area (Å²) < 4.78 is 6.67. The summed E-state index contributed by atoms with van der Waals surface area (Å²) in [5, 5.41) is 12.8. The first-order valence-electron chi connectivity index (χ1n) is 11.9. The maximum Gasteiger partial charge on any atom is 0.357 e. The van der Waals surface area contributed by atoms with Crippen molar-refractivity contribution in [1.82, 2.24) is 14.4 Å². The van der Waals surface area contributed by atoms with Gasteiger partial charge in [0.25, 0.3) is 5.91 Å². The van der Waals surface area contributed by atoms with Crippen LogP contribution in [0.15, 0.2) is 53.3 Å². The molecule has 0 atom stereocenters. The van der Waals surface area contributed by atoms with Crippen molar-refractivity contribution in [3.8, 4) is 5.75 Å². The molecule has 1 aliphatic rings. The molecule has 4 rings (SSSR count). The third-order valence-corrected chi connectivity index (χ3v) is 6.51. The molecule has 0 aliphatic carbocycles. The Morgan fingerprint density at radius 3 is 2.33 bits per heavy atom. The predicted octanol–water partition coefficient (Wildman–Crippen LogP) is 2.83. The minimum absolute atomic E-state index is 0.104. The Kier molecular flexibility index (Phi) is 7.54. The number of ether oxygens (including phenoxy) is 1. The van der Waals surface area contributed by atoms with Crippen molar-refractivity contribution in [1.29, 1.82) is 0 Å². The van der Waals surface area contributed by atoms with Gasteiger partial charge in [0.05, 0.1) is 17.5 Å². The smallest absolute Gasteiger partial charge is 0.357 e. The molecule has 190 valence electrons. The standard InChI is InChI=1S/C26H31N5O5/c1-27(2)13-6-14-30-22-8-5-4-7-21(22)23(24(26(30)33)31(34)35)28-15-17-29(18-16-28)25(32)19-9-11-20(36-3)12-10-19/h4-5,7-12H,6,13-18H2,1-3H3. The normalized spacial score (nSPS) is 13.9. The summed E-state index contributed by atoms with van der Waals surface area (Å²) in [5.41, 5.74) is 0.568. The van der Waals surface area contributed by atoms with Crippen molar-refractivity contribution in [3.63, 3.8) is 0 Å². The van der Waals surface area contributed by atoms with E-state index in [1.54, 1.807) is 36.3 Å². The zero-order valence-corrected chi connectivity index (χ0v) is 20.8. The van der Waals surface area contributed by atoms with E-state index in [9.17, 15) is 19.7 Å². The molecule has 0 unspecified atom stereocenters. The number of para-hydroxylation sites is 1. The first kappa shape index (κ1) is 25.2. The number of amides is 1. The molecule has 2 heterocycles. The third kappa shape index (κ3) is 5.03. The summed E-state index contributed by atoms with van der Waals surface area (Å²) in [7, 11) is 5.47. The van der Waals surface area contributed by atoms with Crippen LogP contribution in [0, 0.1) is 10.1 Å². The second-order valence-corrected chi connectivity index (χ2v) is 9.09. The largest absolute Gasteiger partial charge is 0.497 e. The number of aryl methyl sites for hydroxylation is 1. The van der Waals surface area contributed by atoms with Gasteiger partial charge in [0.2, 0.25) is 0 Å². The number of hydrogen-bond donors (Lipinski definition) is 0. The highest BCUT2D eigenvalue weighted by Gasteiger charge is 2.32. The van der Waals surface area contributed by atoms with Crippen molar-refractivity contribution >= 4 is 28.2 Å². The number of nitro groups is 1. The van der Waals surface area contributed by atoms with Gasteiger partial charge < -0.3 is 24.0 Å². The van der Waals surface area contributed by atoms with Gasteiger partial charge in [0.15, 0.2) is 0 Å². The van der Waals surface area contributed by atoms with E-state index in [-0.39, 0.29) is 5.91 Å². The summed E-state index contributed by atoms with van der Waals surface area (Å²) in [6.07, 6.45) is 0.694. The SMILES string of the molecule is COc1ccc(C(=O)N2CCN(c3c([N+](=O)[O-])c(=O)n(CCCN(C)C)c4ccccc34)CC2)cc1. The molecule has 0 bridgehead atoms. The molecule has 0 saturated carbocycles. The number of nitrogens with zero attached hydrogens (tertiary/aromatic N) is 5. The molecule has 1 fully saturated rings. The van der Waals surface area contributed by atoms with Crippen LogP contribution in [-0.2, 0) is 6.54 Å². The molecule has 36 heavy (non-hydrogen) atoms. The number of pyridine rings is 1. The molecule has 0 radical (unpaired) electrons. The molecule has 0 spiro atoms. The molecule has 1 saturated heterocycles. The summed E-state index contributed by atoms with van der Waals surface area (Å²) in [4.78, 5) is 43.6. The molecule has 1 amide bonds. The number of hydrogen-bond acceptors (Lipinski definition) is 7. The lowest BCUT2D eigenvalue weighted by Crippen LogP contribution is -2.49. The first-order chi connectivity index (χ1) is 17.3. The van der Waals surface area contributed by atoms with Crippen LogP contribution < -0.4 is 15.2 Å². The lowest BCUT2D eigenvalue weighted by Gasteiger charge is -2.36. The van der Waals surface area contributed by atoms with Crippen LogP contribution >= 0.6 is 0 Å². The van der Waals surface area contributed by atoms with Crippen LogP contribution in [0.1, 0.15) is 16.8 Å². The van der Waals surface area contributed by atoms with Gasteiger partial charge in [-0.05, 0) is 57.4 Å². The quantitative estimate of drug-likeness (QED) is 0.351. The number of rotatable bonds is 8. The van der Waals surface area contributed by atoms with Crippen LogP contribution in [0.25, 0.3) is 10.9 Å². The van der Waals surface area contributed by atoms with Crippen LogP contribution in [0.4, 0.5) is 11.4 Å². The Bertz CT molecular complexity index is 1310. The lowest BCUT2D eigenvalue weighted by molar-refractivity contribution is -0.385. The Morgan fingerprint density at radius 1 is 1.06 bits per heavy atom. The number of carbonyl (C=O) groups excluding carboxylic acids is 1. The zero-order chi connectivity index (χ0) is 25.8. The Morgan fingerprint density at radius 2 is 1.72 bits per heavy atom. The number of piperazine rings is 1. The van der Waals surface area contributed by atoms with E-state index in [1.807, 2.05) is 48.2 Å². The molecule has 1 aliphatic heterocycles. The maximum atomic E-state index is 13.4. The van der Waals surface area contributed by atoms with Crippen LogP contribution in [0.5, 0.6) is 5.75 Å². The summed E-state index contributed by atoms with van der Waals surface area (Å²) in [5.74, 6) is 0.569. The average molecular weight is 494 g/mol. The van der Waals surface area contributed by atoms with E-state index in [2.05, 4.69) is 0 Å². The van der Waals surface area contributed by atoms with Crippen molar-refractivity contribution in [2.45, 2.75) is 13.0 Å². The third-order valence-electron chi connectivity index (χ3n) is 6.51. The van der Waals surface area contributed by atoms with Gasteiger partial charge in [0.1, 0.15) is 11.4 Å². The van der Waals surface area contributed by atoms with Crippen molar-refractivity contribution < 1.29 is 14.5 Å². The maximum absolute atomic E-state index is 13.4. The fourth-order valence-electron chi connectivity index (χ4n) is 4.68. The number of carbonyl (C=O) groups is 1. The fraction of sp³-hybridized carbons (Fsp3) is 0.385. The Labute approximate surface area is 209 Å². The summed E-state index contributed by atoms with van der Waals surface area (Å²) >= 11 is 0. The van der Waals surface area contributed by atoms with Gasteiger partial charge in [-0.25, -0.2) is 0 Å². The summed E-state index contributed by atoms with van der Waals surface area (Å²) in [6.45, 7) is 2.71. The Balaban J connectivity index is 1.64. The van der Waals surface area contributed by atoms with Gasteiger partial charge in [-0.2, -0.15) is 0 Å². The van der Waals surface area contributed by atoms with E-state index in [0.717, 1.165) is 6.54 Å². The highest BCUT2D eigenvalue weighted by Crippen LogP contribution is 2.34. The first-order valence-corrected chi connectivity index (χ1v) is 11.9. The van der Waals surface area contributed by atoms with E-state index in [4.69, 9.17) is 4.74 Å². The molecule has 3 aromatic rings. The van der Waals surface area contributed by atoms with E-state index in [0.29, 0.717) is 67.0 Å². The van der Waals surface area contributed by atoms with Crippen molar-refractivity contribution in [3.05, 3.63) is 74.6 Å². The number of aromatic nitrogens is 1. The van der Waals surface area contributed by atoms with Crippen molar-refractivity contribution in [2.75, 3.05) is 58.8 Å². The highest BCUT2D eigenvalue weighted by molar-refractivity contribution is 5.97. The fourth-order valence-corrected chi connectivity index (χ4v) is 4.68. The molecule has 10 nitrogen and oxygen atoms in total. The van der Waals surface area contributed by atoms with Gasteiger partial charge in [-0.3, -0.25) is 19.7 Å². The van der Waals surface area contributed by atoms with E-state index < -0.39 is 16.2 Å². The minimum atomic E-state index is -0.593.